The quantitative estimate of drug-likeness (QED) is 0.613. The Hall–Kier alpha value is -2.83. The molecule has 0 saturated heterocycles. The molecule has 3 aromatic carbocycles. The van der Waals surface area contributed by atoms with Gasteiger partial charge in [-0.15, -0.1) is 0 Å². The lowest BCUT2D eigenvalue weighted by molar-refractivity contribution is -0.114. The van der Waals surface area contributed by atoms with Gasteiger partial charge in [0.25, 0.3) is 10.0 Å². The standard InChI is InChI=1S/C22H21ClN2O3S/c1-16-8-6-9-17(2)22(16)24-21(26)15-25(19-11-7-10-18(23)14-19)29(27,28)20-12-4-3-5-13-20/h3-14H,15H2,1-2H3,(H,24,26). The molecule has 0 fully saturated rings. The first-order valence-electron chi connectivity index (χ1n) is 8.98. The number of para-hydroxylation sites is 1. The molecule has 0 heterocycles. The lowest BCUT2D eigenvalue weighted by Gasteiger charge is -2.24. The van der Waals surface area contributed by atoms with Crippen molar-refractivity contribution in [3.05, 3.63) is 88.9 Å². The predicted octanol–water partition coefficient (Wildman–Crippen LogP) is 4.79. The molecule has 7 heteroatoms. The number of halogens is 1. The van der Waals surface area contributed by atoms with Crippen LogP contribution in [-0.2, 0) is 14.8 Å². The highest BCUT2D eigenvalue weighted by Gasteiger charge is 2.27. The number of benzene rings is 3. The van der Waals surface area contributed by atoms with E-state index >= 15 is 0 Å². The molecule has 0 aliphatic rings. The monoisotopic (exact) mass is 428 g/mol. The molecule has 3 rings (SSSR count). The first kappa shape index (κ1) is 20.9. The Morgan fingerprint density at radius 2 is 1.55 bits per heavy atom. The second kappa shape index (κ2) is 8.68. The molecule has 0 saturated carbocycles. The Kier molecular flexibility index (Phi) is 6.25. The van der Waals surface area contributed by atoms with Gasteiger partial charge in [0.05, 0.1) is 10.6 Å². The van der Waals surface area contributed by atoms with Gasteiger partial charge in [-0.2, -0.15) is 0 Å². The number of carbonyl (C=O) groups is 1. The normalized spacial score (nSPS) is 11.1. The number of amides is 1. The zero-order chi connectivity index (χ0) is 21.0. The summed E-state index contributed by atoms with van der Waals surface area (Å²) in [5.41, 5.74) is 2.80. The summed E-state index contributed by atoms with van der Waals surface area (Å²) in [6.07, 6.45) is 0. The van der Waals surface area contributed by atoms with Gasteiger partial charge in [-0.1, -0.05) is 54.1 Å². The Balaban J connectivity index is 1.97. The van der Waals surface area contributed by atoms with Crippen molar-refractivity contribution in [1.29, 1.82) is 0 Å². The molecule has 150 valence electrons. The van der Waals surface area contributed by atoms with E-state index in [9.17, 15) is 13.2 Å². The molecule has 0 aliphatic heterocycles. The third-order valence-electron chi connectivity index (χ3n) is 4.46. The van der Waals surface area contributed by atoms with Crippen LogP contribution in [0.5, 0.6) is 0 Å². The maximum atomic E-state index is 13.3. The molecular weight excluding hydrogens is 408 g/mol. The molecule has 0 spiro atoms. The number of carbonyl (C=O) groups excluding carboxylic acids is 1. The van der Waals surface area contributed by atoms with Crippen LogP contribution in [0.3, 0.4) is 0 Å². The number of nitrogens with one attached hydrogen (secondary N) is 1. The van der Waals surface area contributed by atoms with E-state index in [-0.39, 0.29) is 11.4 Å². The van der Waals surface area contributed by atoms with E-state index in [0.29, 0.717) is 16.4 Å². The van der Waals surface area contributed by atoms with Crippen molar-refractivity contribution in [2.45, 2.75) is 18.7 Å². The van der Waals surface area contributed by atoms with Crippen LogP contribution in [0.1, 0.15) is 11.1 Å². The van der Waals surface area contributed by atoms with Gasteiger partial charge in [-0.05, 0) is 55.3 Å². The smallest absolute Gasteiger partial charge is 0.264 e. The molecule has 5 nitrogen and oxygen atoms in total. The molecule has 3 aromatic rings. The molecule has 1 amide bonds. The summed E-state index contributed by atoms with van der Waals surface area (Å²) in [4.78, 5) is 12.9. The number of aryl methyl sites for hydroxylation is 2. The largest absolute Gasteiger partial charge is 0.324 e. The second-order valence-corrected chi connectivity index (χ2v) is 8.92. The Morgan fingerprint density at radius 1 is 0.931 bits per heavy atom. The predicted molar refractivity (Wildman–Crippen MR) is 117 cm³/mol. The summed E-state index contributed by atoms with van der Waals surface area (Å²) in [7, 11) is -3.96. The zero-order valence-electron chi connectivity index (χ0n) is 16.1. The number of hydrogen-bond donors (Lipinski definition) is 1. The van der Waals surface area contributed by atoms with Crippen LogP contribution in [-0.4, -0.2) is 20.9 Å². The lowest BCUT2D eigenvalue weighted by atomic mass is 10.1. The van der Waals surface area contributed by atoms with E-state index in [4.69, 9.17) is 11.6 Å². The SMILES string of the molecule is Cc1cccc(C)c1NC(=O)CN(c1cccc(Cl)c1)S(=O)(=O)c1ccccc1. The fourth-order valence-electron chi connectivity index (χ4n) is 2.99. The molecule has 0 aliphatic carbocycles. The Labute approximate surface area is 176 Å². The maximum absolute atomic E-state index is 13.3. The van der Waals surface area contributed by atoms with Crippen molar-refractivity contribution in [2.75, 3.05) is 16.2 Å². The van der Waals surface area contributed by atoms with Crippen LogP contribution >= 0.6 is 11.6 Å². The van der Waals surface area contributed by atoms with Gasteiger partial charge in [0.2, 0.25) is 5.91 Å². The van der Waals surface area contributed by atoms with E-state index in [2.05, 4.69) is 5.32 Å². The van der Waals surface area contributed by atoms with Crippen molar-refractivity contribution in [3.63, 3.8) is 0 Å². The van der Waals surface area contributed by atoms with Crippen molar-refractivity contribution in [3.8, 4) is 0 Å². The van der Waals surface area contributed by atoms with Crippen LogP contribution in [0.4, 0.5) is 11.4 Å². The zero-order valence-corrected chi connectivity index (χ0v) is 17.7. The van der Waals surface area contributed by atoms with Gasteiger partial charge in [-0.25, -0.2) is 8.42 Å². The summed E-state index contributed by atoms with van der Waals surface area (Å²) < 4.78 is 27.6. The number of nitrogens with zero attached hydrogens (tertiary/aromatic N) is 1. The van der Waals surface area contributed by atoms with Crippen LogP contribution < -0.4 is 9.62 Å². The van der Waals surface area contributed by atoms with Gasteiger partial charge in [0.15, 0.2) is 0 Å². The van der Waals surface area contributed by atoms with Crippen LogP contribution in [0.2, 0.25) is 5.02 Å². The van der Waals surface area contributed by atoms with Crippen LogP contribution in [0, 0.1) is 13.8 Å². The highest BCUT2D eigenvalue weighted by molar-refractivity contribution is 7.92. The molecule has 0 atom stereocenters. The number of sulfonamides is 1. The van der Waals surface area contributed by atoms with Gasteiger partial charge in [0.1, 0.15) is 6.54 Å². The van der Waals surface area contributed by atoms with Crippen molar-refractivity contribution < 1.29 is 13.2 Å². The molecule has 0 bridgehead atoms. The average Bonchev–Trinajstić information content (AvgIpc) is 2.69. The van der Waals surface area contributed by atoms with E-state index in [1.807, 2.05) is 32.0 Å². The minimum Gasteiger partial charge on any atom is -0.324 e. The van der Waals surface area contributed by atoms with Crippen LogP contribution in [0.15, 0.2) is 77.7 Å². The first-order valence-corrected chi connectivity index (χ1v) is 10.8. The van der Waals surface area contributed by atoms with Crippen molar-refractivity contribution in [2.24, 2.45) is 0 Å². The summed E-state index contributed by atoms with van der Waals surface area (Å²) in [6.45, 7) is 3.39. The molecule has 0 radical (unpaired) electrons. The maximum Gasteiger partial charge on any atom is 0.264 e. The molecular formula is C22H21ClN2O3S. The van der Waals surface area contributed by atoms with Gasteiger partial charge in [0, 0.05) is 10.7 Å². The molecule has 29 heavy (non-hydrogen) atoms. The van der Waals surface area contributed by atoms with Crippen molar-refractivity contribution in [1.82, 2.24) is 0 Å². The topological polar surface area (TPSA) is 66.5 Å². The molecule has 0 aromatic heterocycles. The fourth-order valence-corrected chi connectivity index (χ4v) is 4.61. The average molecular weight is 429 g/mol. The van der Waals surface area contributed by atoms with Gasteiger partial charge < -0.3 is 5.32 Å². The minimum atomic E-state index is -3.96. The van der Waals surface area contributed by atoms with Crippen LogP contribution in [0.25, 0.3) is 0 Å². The van der Waals surface area contributed by atoms with E-state index in [1.54, 1.807) is 36.4 Å². The summed E-state index contributed by atoms with van der Waals surface area (Å²) in [5, 5.41) is 3.22. The number of rotatable bonds is 6. The van der Waals surface area contributed by atoms with Crippen molar-refractivity contribution >= 4 is 38.9 Å². The summed E-state index contributed by atoms with van der Waals surface area (Å²) in [5.74, 6) is -0.443. The number of anilines is 2. The molecule has 0 unspecified atom stereocenters. The lowest BCUT2D eigenvalue weighted by Crippen LogP contribution is -2.38. The third kappa shape index (κ3) is 4.78. The van der Waals surface area contributed by atoms with Gasteiger partial charge in [-0.3, -0.25) is 9.10 Å². The van der Waals surface area contributed by atoms with E-state index in [1.165, 1.54) is 18.2 Å². The van der Waals surface area contributed by atoms with E-state index in [0.717, 1.165) is 15.4 Å². The highest BCUT2D eigenvalue weighted by atomic mass is 35.5. The fraction of sp³-hybridized carbons (Fsp3) is 0.136. The second-order valence-electron chi connectivity index (χ2n) is 6.62. The minimum absolute atomic E-state index is 0.0971. The summed E-state index contributed by atoms with van der Waals surface area (Å²) >= 11 is 6.07. The number of hydrogen-bond acceptors (Lipinski definition) is 3. The van der Waals surface area contributed by atoms with E-state index < -0.39 is 15.9 Å². The van der Waals surface area contributed by atoms with Gasteiger partial charge >= 0.3 is 0 Å². The highest BCUT2D eigenvalue weighted by Crippen LogP contribution is 2.26. The Bertz CT molecular complexity index is 1110. The summed E-state index contributed by atoms with van der Waals surface area (Å²) in [6, 6.07) is 20.1. The Morgan fingerprint density at radius 3 is 2.17 bits per heavy atom. The first-order chi connectivity index (χ1) is 13.8. The molecule has 1 N–H and O–H groups in total. The third-order valence-corrected chi connectivity index (χ3v) is 6.48.